The normalized spacial score (nSPS) is 9.75. The van der Waals surface area contributed by atoms with Gasteiger partial charge in [0.05, 0.1) is 6.07 Å². The molecule has 0 rings (SSSR count). The summed E-state index contributed by atoms with van der Waals surface area (Å²) in [5, 5.41) is 10.3. The van der Waals surface area contributed by atoms with Gasteiger partial charge in [0.2, 0.25) is 6.41 Å². The SMILES string of the molecule is C/C(=C\C#N)NC=O. The second kappa shape index (κ2) is 3.88. The lowest BCUT2D eigenvalue weighted by molar-refractivity contribution is -0.108. The predicted octanol–water partition coefficient (Wildman–Crippen LogP) is 0.160. The van der Waals surface area contributed by atoms with Crippen LogP contribution in [0.4, 0.5) is 0 Å². The third kappa shape index (κ3) is 2.91. The quantitative estimate of drug-likeness (QED) is 0.406. The molecule has 0 aliphatic carbocycles. The minimum absolute atomic E-state index is 0.531. The van der Waals surface area contributed by atoms with E-state index in [1.807, 2.05) is 0 Å². The highest BCUT2D eigenvalue weighted by Gasteiger charge is 1.78. The average molecular weight is 110 g/mol. The second-order valence-corrected chi connectivity index (χ2v) is 1.22. The summed E-state index contributed by atoms with van der Waals surface area (Å²) in [7, 11) is 0. The maximum absolute atomic E-state index is 9.63. The van der Waals surface area contributed by atoms with Gasteiger partial charge in [-0.05, 0) is 6.92 Å². The summed E-state index contributed by atoms with van der Waals surface area (Å²) in [6, 6.07) is 1.77. The molecule has 0 aliphatic rings. The number of carbonyl (C=O) groups excluding carboxylic acids is 1. The molecule has 0 bridgehead atoms. The van der Waals surface area contributed by atoms with Crippen LogP contribution in [-0.2, 0) is 4.79 Å². The van der Waals surface area contributed by atoms with Crippen LogP contribution in [0.25, 0.3) is 0 Å². The summed E-state index contributed by atoms with van der Waals surface area (Å²) in [5.74, 6) is 0. The lowest BCUT2D eigenvalue weighted by Gasteiger charge is -1.88. The van der Waals surface area contributed by atoms with Crippen molar-refractivity contribution >= 4 is 6.41 Å². The van der Waals surface area contributed by atoms with Gasteiger partial charge in [0.1, 0.15) is 0 Å². The number of nitriles is 1. The van der Waals surface area contributed by atoms with Crippen molar-refractivity contribution in [3.05, 3.63) is 11.8 Å². The third-order valence-electron chi connectivity index (χ3n) is 0.568. The number of allylic oxidation sites excluding steroid dienone is 2. The van der Waals surface area contributed by atoms with Gasteiger partial charge in [0, 0.05) is 11.8 Å². The number of hydrogen-bond acceptors (Lipinski definition) is 2. The Morgan fingerprint density at radius 1 is 1.88 bits per heavy atom. The van der Waals surface area contributed by atoms with E-state index in [4.69, 9.17) is 5.26 Å². The first-order valence-corrected chi connectivity index (χ1v) is 2.08. The molecule has 0 fully saturated rings. The van der Waals surface area contributed by atoms with Crippen LogP contribution >= 0.6 is 0 Å². The van der Waals surface area contributed by atoms with E-state index in [0.29, 0.717) is 12.1 Å². The van der Waals surface area contributed by atoms with Crippen LogP contribution in [0, 0.1) is 11.3 Å². The first kappa shape index (κ1) is 6.70. The molecule has 0 radical (unpaired) electrons. The molecule has 42 valence electrons. The Kier molecular flexibility index (Phi) is 3.25. The van der Waals surface area contributed by atoms with Crippen LogP contribution in [0.1, 0.15) is 6.92 Å². The Bertz CT molecular complexity index is 143. The lowest BCUT2D eigenvalue weighted by Crippen LogP contribution is -2.05. The molecular weight excluding hydrogens is 104 g/mol. The fourth-order valence-electron chi connectivity index (χ4n) is 0.231. The zero-order valence-electron chi connectivity index (χ0n) is 4.51. The molecule has 3 nitrogen and oxygen atoms in total. The number of rotatable bonds is 2. The van der Waals surface area contributed by atoms with Crippen molar-refractivity contribution in [3.8, 4) is 6.07 Å². The summed E-state index contributed by atoms with van der Waals surface area (Å²) in [6.07, 6.45) is 1.79. The van der Waals surface area contributed by atoms with Gasteiger partial charge < -0.3 is 5.32 Å². The molecule has 0 aromatic carbocycles. The molecule has 0 saturated carbocycles. The van der Waals surface area contributed by atoms with E-state index in [9.17, 15) is 4.79 Å². The molecule has 0 aromatic heterocycles. The van der Waals surface area contributed by atoms with Crippen molar-refractivity contribution < 1.29 is 4.79 Å². The molecule has 0 aromatic rings. The maximum atomic E-state index is 9.63. The average Bonchev–Trinajstić information content (AvgIpc) is 1.68. The van der Waals surface area contributed by atoms with Gasteiger partial charge in [0.25, 0.3) is 0 Å². The zero-order valence-corrected chi connectivity index (χ0v) is 4.51. The van der Waals surface area contributed by atoms with Crippen LogP contribution in [0.3, 0.4) is 0 Å². The van der Waals surface area contributed by atoms with Crippen molar-refractivity contribution in [2.75, 3.05) is 0 Å². The van der Waals surface area contributed by atoms with Crippen LogP contribution in [0.5, 0.6) is 0 Å². The van der Waals surface area contributed by atoms with Crippen molar-refractivity contribution in [2.24, 2.45) is 0 Å². The van der Waals surface area contributed by atoms with Crippen molar-refractivity contribution in [1.82, 2.24) is 5.32 Å². The van der Waals surface area contributed by atoms with Gasteiger partial charge in [-0.3, -0.25) is 4.79 Å². The molecule has 1 N–H and O–H groups in total. The largest absolute Gasteiger partial charge is 0.332 e. The van der Waals surface area contributed by atoms with Gasteiger partial charge >= 0.3 is 0 Å². The molecule has 0 atom stereocenters. The van der Waals surface area contributed by atoms with E-state index in [2.05, 4.69) is 5.32 Å². The summed E-state index contributed by atoms with van der Waals surface area (Å²) in [6.45, 7) is 1.64. The van der Waals surface area contributed by atoms with Crippen LogP contribution < -0.4 is 5.32 Å². The Morgan fingerprint density at radius 3 is 2.88 bits per heavy atom. The molecule has 0 aliphatic heterocycles. The monoisotopic (exact) mass is 110 g/mol. The van der Waals surface area contributed by atoms with Crippen LogP contribution in [0.2, 0.25) is 0 Å². The number of amides is 1. The van der Waals surface area contributed by atoms with E-state index in [-0.39, 0.29) is 0 Å². The fourth-order valence-corrected chi connectivity index (χ4v) is 0.231. The summed E-state index contributed by atoms with van der Waals surface area (Å²) < 4.78 is 0. The smallest absolute Gasteiger partial charge is 0.211 e. The van der Waals surface area contributed by atoms with Gasteiger partial charge in [-0.2, -0.15) is 5.26 Å². The first-order valence-electron chi connectivity index (χ1n) is 2.08. The van der Waals surface area contributed by atoms with Gasteiger partial charge in [-0.15, -0.1) is 0 Å². The Labute approximate surface area is 47.6 Å². The molecular formula is C5H6N2O. The third-order valence-corrected chi connectivity index (χ3v) is 0.568. The topological polar surface area (TPSA) is 52.9 Å². The Morgan fingerprint density at radius 2 is 2.50 bits per heavy atom. The molecule has 0 spiro atoms. The molecule has 0 unspecified atom stereocenters. The lowest BCUT2D eigenvalue weighted by atomic mass is 10.5. The molecule has 0 saturated heterocycles. The summed E-state index contributed by atoms with van der Waals surface area (Å²) >= 11 is 0. The highest BCUT2D eigenvalue weighted by molar-refractivity contribution is 5.49. The van der Waals surface area contributed by atoms with E-state index < -0.39 is 0 Å². The van der Waals surface area contributed by atoms with Crippen LogP contribution in [0.15, 0.2) is 11.8 Å². The summed E-state index contributed by atoms with van der Waals surface area (Å²) in [5.41, 5.74) is 0.558. The molecule has 1 amide bonds. The molecule has 0 heterocycles. The molecule has 3 heteroatoms. The number of hydrogen-bond donors (Lipinski definition) is 1. The van der Waals surface area contributed by atoms with E-state index in [1.165, 1.54) is 6.08 Å². The van der Waals surface area contributed by atoms with Crippen molar-refractivity contribution in [1.29, 1.82) is 5.26 Å². The van der Waals surface area contributed by atoms with Gasteiger partial charge in [-0.1, -0.05) is 0 Å². The number of nitrogens with zero attached hydrogens (tertiary/aromatic N) is 1. The highest BCUT2D eigenvalue weighted by atomic mass is 16.1. The molecule has 8 heavy (non-hydrogen) atoms. The van der Waals surface area contributed by atoms with Crippen LogP contribution in [-0.4, -0.2) is 6.41 Å². The standard InChI is InChI=1S/C5H6N2O/c1-5(2-3-6)7-4-8/h2,4H,1H3,(H,7,8)/b5-2+. The zero-order chi connectivity index (χ0) is 6.41. The maximum Gasteiger partial charge on any atom is 0.211 e. The highest BCUT2D eigenvalue weighted by Crippen LogP contribution is 1.79. The summed E-state index contributed by atoms with van der Waals surface area (Å²) in [4.78, 5) is 9.63. The minimum atomic E-state index is 0.531. The Balaban J connectivity index is 3.65. The van der Waals surface area contributed by atoms with Gasteiger partial charge in [0.15, 0.2) is 0 Å². The van der Waals surface area contributed by atoms with E-state index in [1.54, 1.807) is 13.0 Å². The van der Waals surface area contributed by atoms with E-state index in [0.717, 1.165) is 0 Å². The second-order valence-electron chi connectivity index (χ2n) is 1.22. The Hall–Kier alpha value is -1.30. The number of carbonyl (C=O) groups is 1. The van der Waals surface area contributed by atoms with Crippen molar-refractivity contribution in [3.63, 3.8) is 0 Å². The predicted molar refractivity (Wildman–Crippen MR) is 28.6 cm³/mol. The minimum Gasteiger partial charge on any atom is -0.332 e. The van der Waals surface area contributed by atoms with Crippen molar-refractivity contribution in [2.45, 2.75) is 6.92 Å². The fraction of sp³-hybridized carbons (Fsp3) is 0.200. The van der Waals surface area contributed by atoms with Gasteiger partial charge in [-0.25, -0.2) is 0 Å². The van der Waals surface area contributed by atoms with E-state index >= 15 is 0 Å². The number of nitrogens with one attached hydrogen (secondary N) is 1. The first-order chi connectivity index (χ1) is 3.81.